The lowest BCUT2D eigenvalue weighted by Gasteiger charge is -2.26. The highest BCUT2D eigenvalue weighted by molar-refractivity contribution is 6.89. The normalized spacial score (nSPS) is 12.9. The molecular weight excluding hydrogens is 641 g/mol. The predicted molar refractivity (Wildman–Crippen MR) is 219 cm³/mol. The van der Waals surface area contributed by atoms with Gasteiger partial charge in [-0.15, -0.1) is 0 Å². The number of imidazole rings is 1. The van der Waals surface area contributed by atoms with E-state index >= 15 is 0 Å². The van der Waals surface area contributed by atoms with E-state index in [9.17, 15) is 5.11 Å². The molecule has 3 heterocycles. The fourth-order valence-electron chi connectivity index (χ4n) is 6.74. The van der Waals surface area contributed by atoms with Gasteiger partial charge in [0.1, 0.15) is 11.4 Å². The van der Waals surface area contributed by atoms with Crippen LogP contribution in [0.3, 0.4) is 0 Å². The third kappa shape index (κ3) is 7.03. The van der Waals surface area contributed by atoms with Crippen LogP contribution in [0, 0.1) is 0 Å². The first-order valence-electron chi connectivity index (χ1n) is 18.1. The molecular formula is C45H54N4OSi. The molecule has 0 spiro atoms. The summed E-state index contributed by atoms with van der Waals surface area (Å²) in [4.78, 5) is 15.5. The van der Waals surface area contributed by atoms with E-state index in [1.165, 1.54) is 21.9 Å². The van der Waals surface area contributed by atoms with Crippen molar-refractivity contribution in [1.29, 1.82) is 0 Å². The molecule has 51 heavy (non-hydrogen) atoms. The summed E-state index contributed by atoms with van der Waals surface area (Å²) in [6.07, 6.45) is 2.12. The molecule has 0 unspecified atom stereocenters. The van der Waals surface area contributed by atoms with Crippen LogP contribution in [0.25, 0.3) is 56.1 Å². The molecule has 3 aromatic carbocycles. The van der Waals surface area contributed by atoms with E-state index in [-0.39, 0.29) is 22.0 Å². The number of hydrogen-bond donors (Lipinski definition) is 1. The van der Waals surface area contributed by atoms with Gasteiger partial charge in [0.15, 0.2) is 5.82 Å². The maximum absolute atomic E-state index is 11.7. The maximum atomic E-state index is 11.7. The number of hydrogen-bond acceptors (Lipinski definition) is 4. The number of para-hydroxylation sites is 1. The first-order chi connectivity index (χ1) is 23.6. The molecule has 0 atom stereocenters. The van der Waals surface area contributed by atoms with Crippen LogP contribution < -0.4 is 5.19 Å². The molecule has 5 nitrogen and oxygen atoms in total. The summed E-state index contributed by atoms with van der Waals surface area (Å²) in [5.41, 5.74) is 11.5. The van der Waals surface area contributed by atoms with Crippen molar-refractivity contribution < 1.29 is 5.11 Å². The van der Waals surface area contributed by atoms with Crippen LogP contribution in [0.1, 0.15) is 79.1 Å². The van der Waals surface area contributed by atoms with Crippen LogP contribution in [-0.2, 0) is 23.3 Å². The lowest BCUT2D eigenvalue weighted by atomic mass is 9.82. The van der Waals surface area contributed by atoms with Gasteiger partial charge in [0.05, 0.1) is 24.8 Å². The monoisotopic (exact) mass is 694 g/mol. The summed E-state index contributed by atoms with van der Waals surface area (Å²) < 4.78 is 2.07. The van der Waals surface area contributed by atoms with Crippen LogP contribution in [0.4, 0.5) is 0 Å². The second-order valence-electron chi connectivity index (χ2n) is 18.2. The van der Waals surface area contributed by atoms with Crippen molar-refractivity contribution in [1.82, 2.24) is 19.5 Å². The first-order valence-corrected chi connectivity index (χ1v) is 21.6. The van der Waals surface area contributed by atoms with Gasteiger partial charge in [0.25, 0.3) is 0 Å². The zero-order valence-corrected chi connectivity index (χ0v) is 33.8. The number of nitrogens with zero attached hydrogens (tertiary/aromatic N) is 4. The van der Waals surface area contributed by atoms with Crippen LogP contribution in [0.5, 0.6) is 5.75 Å². The minimum atomic E-state index is -1.68. The van der Waals surface area contributed by atoms with Crippen LogP contribution in [0.2, 0.25) is 19.6 Å². The maximum Gasteiger partial charge on any atom is 0.163 e. The second kappa shape index (κ2) is 12.6. The van der Waals surface area contributed by atoms with E-state index in [2.05, 4.69) is 172 Å². The Morgan fingerprint density at radius 2 is 1.31 bits per heavy atom. The minimum absolute atomic E-state index is 0.0963. The Labute approximate surface area is 305 Å². The van der Waals surface area contributed by atoms with E-state index in [4.69, 9.17) is 15.0 Å². The van der Waals surface area contributed by atoms with E-state index in [0.29, 0.717) is 11.5 Å². The molecule has 0 radical (unpaired) electrons. The fourth-order valence-corrected chi connectivity index (χ4v) is 8.22. The Balaban J connectivity index is 1.59. The zero-order valence-electron chi connectivity index (χ0n) is 32.8. The van der Waals surface area contributed by atoms with Crippen molar-refractivity contribution in [2.75, 3.05) is 0 Å². The van der Waals surface area contributed by atoms with Crippen molar-refractivity contribution in [3.05, 3.63) is 102 Å². The lowest BCUT2D eigenvalue weighted by Crippen LogP contribution is -2.39. The zero-order chi connectivity index (χ0) is 37.3. The third-order valence-corrected chi connectivity index (χ3v) is 11.9. The van der Waals surface area contributed by atoms with Crippen LogP contribution in [-0.4, -0.2) is 32.7 Å². The Kier molecular flexibility index (Phi) is 8.95. The summed E-state index contributed by atoms with van der Waals surface area (Å²) in [7, 11) is 0.337. The molecule has 264 valence electrons. The van der Waals surface area contributed by atoms with Gasteiger partial charge in [-0.25, -0.2) is 9.97 Å². The summed E-state index contributed by atoms with van der Waals surface area (Å²) in [5.74, 6) is 0.837. The van der Waals surface area contributed by atoms with Gasteiger partial charge in [-0.1, -0.05) is 130 Å². The topological polar surface area (TPSA) is 63.8 Å². The average molecular weight is 695 g/mol. The van der Waals surface area contributed by atoms with Crippen molar-refractivity contribution in [3.63, 3.8) is 0 Å². The number of rotatable bonds is 5. The molecule has 0 fully saturated rings. The number of pyridine rings is 2. The van der Waals surface area contributed by atoms with E-state index in [0.717, 1.165) is 44.7 Å². The smallest absolute Gasteiger partial charge is 0.163 e. The quantitative estimate of drug-likeness (QED) is 0.182. The van der Waals surface area contributed by atoms with E-state index in [1.54, 1.807) is 0 Å². The molecule has 0 bridgehead atoms. The first kappa shape index (κ1) is 36.2. The molecule has 0 saturated heterocycles. The SMILES string of the molecule is Cn1c(-c2nc(C(C)(C)C)cc(C(C)(C)C)c2O)nc2c(-c3cc(-c4cc(-c5ccccc5)c([Si](C)(C)C)cn4)cc(C(C)(C)C)c3)cccc21. The molecule has 6 heteroatoms. The molecule has 0 aliphatic heterocycles. The second-order valence-corrected chi connectivity index (χ2v) is 23.2. The lowest BCUT2D eigenvalue weighted by molar-refractivity contribution is 0.441. The van der Waals surface area contributed by atoms with Crippen molar-refractivity contribution in [3.8, 4) is 50.8 Å². The van der Waals surface area contributed by atoms with Gasteiger partial charge in [0, 0.05) is 41.0 Å². The Morgan fingerprint density at radius 3 is 1.92 bits per heavy atom. The summed E-state index contributed by atoms with van der Waals surface area (Å²) >= 11 is 0. The van der Waals surface area contributed by atoms with Gasteiger partial charge < -0.3 is 9.67 Å². The van der Waals surface area contributed by atoms with E-state index < -0.39 is 8.07 Å². The Morgan fingerprint density at radius 1 is 0.647 bits per heavy atom. The van der Waals surface area contributed by atoms with Crippen molar-refractivity contribution in [2.24, 2.45) is 7.05 Å². The molecule has 0 aliphatic rings. The Bertz CT molecular complexity index is 2260. The highest BCUT2D eigenvalue weighted by Crippen LogP contribution is 2.42. The summed E-state index contributed by atoms with van der Waals surface area (Å²) in [6.45, 7) is 26.8. The van der Waals surface area contributed by atoms with Gasteiger partial charge in [-0.2, -0.15) is 0 Å². The number of aromatic nitrogens is 4. The average Bonchev–Trinajstić information content (AvgIpc) is 3.38. The number of fused-ring (bicyclic) bond motifs is 1. The highest BCUT2D eigenvalue weighted by Gasteiger charge is 2.29. The number of aryl methyl sites for hydroxylation is 1. The molecule has 1 N–H and O–H groups in total. The number of aromatic hydroxyl groups is 1. The standard InChI is InChI=1S/C45H54N4OSi/c1-43(2,3)31-23-29(22-30(24-31)35-25-33(28-18-15-14-16-19-28)37(27-46-35)51(11,12)13)32-20-17-21-36-39(32)48-42(49(36)10)40-41(50)34(44(4,5)6)26-38(47-40)45(7,8)9/h14-27,50H,1-13H3. The predicted octanol–water partition coefficient (Wildman–Crippen LogP) is 11.2. The largest absolute Gasteiger partial charge is 0.505 e. The fraction of sp³-hybridized carbons (Fsp3) is 0.356. The van der Waals surface area contributed by atoms with Crippen LogP contribution in [0.15, 0.2) is 85.1 Å². The molecule has 0 aliphatic carbocycles. The van der Waals surface area contributed by atoms with Gasteiger partial charge in [-0.05, 0) is 68.6 Å². The van der Waals surface area contributed by atoms with Crippen LogP contribution >= 0.6 is 0 Å². The van der Waals surface area contributed by atoms with Gasteiger partial charge >= 0.3 is 0 Å². The number of benzene rings is 3. The highest BCUT2D eigenvalue weighted by atomic mass is 28.3. The van der Waals surface area contributed by atoms with Gasteiger partial charge in [0.2, 0.25) is 0 Å². The molecule has 0 saturated carbocycles. The van der Waals surface area contributed by atoms with Crippen molar-refractivity contribution in [2.45, 2.75) is 98.2 Å². The molecule has 0 amide bonds. The molecule has 6 aromatic rings. The minimum Gasteiger partial charge on any atom is -0.505 e. The summed E-state index contributed by atoms with van der Waals surface area (Å²) in [5, 5.41) is 13.1. The summed E-state index contributed by atoms with van der Waals surface area (Å²) in [6, 6.07) is 28.3. The Hall–Kier alpha value is -4.55. The van der Waals surface area contributed by atoms with E-state index in [1.807, 2.05) is 7.05 Å². The third-order valence-electron chi connectivity index (χ3n) is 9.90. The van der Waals surface area contributed by atoms with Crippen molar-refractivity contribution >= 4 is 24.3 Å². The van der Waals surface area contributed by atoms with Gasteiger partial charge in [-0.3, -0.25) is 4.98 Å². The molecule has 6 rings (SSSR count). The molecule has 3 aromatic heterocycles.